The third-order valence-corrected chi connectivity index (χ3v) is 4.06. The third kappa shape index (κ3) is 2.79. The Bertz CT molecular complexity index is 416. The third-order valence-electron chi connectivity index (χ3n) is 3.77. The predicted octanol–water partition coefficient (Wildman–Crippen LogP) is 2.18. The molecule has 0 radical (unpaired) electrons. The van der Waals surface area contributed by atoms with E-state index in [0.717, 1.165) is 13.0 Å². The van der Waals surface area contributed by atoms with Crippen LogP contribution in [0.15, 0.2) is 6.20 Å². The van der Waals surface area contributed by atoms with E-state index in [1.54, 1.807) is 18.0 Å². The molecule has 1 aliphatic rings. The van der Waals surface area contributed by atoms with Gasteiger partial charge in [0.05, 0.1) is 16.9 Å². The number of rotatable bonds is 5. The Kier molecular flexibility index (Phi) is 4.84. The number of aliphatic hydroxyl groups is 1. The molecule has 1 aliphatic heterocycles. The van der Waals surface area contributed by atoms with Crippen molar-refractivity contribution in [2.24, 2.45) is 0 Å². The van der Waals surface area contributed by atoms with E-state index in [-0.39, 0.29) is 0 Å². The molecule has 1 fully saturated rings. The molecular formula is C13H21ClN2O3. The molecule has 108 valence electrons. The zero-order chi connectivity index (χ0) is 13.9. The first-order valence-electron chi connectivity index (χ1n) is 6.67. The van der Waals surface area contributed by atoms with Crippen LogP contribution in [0.1, 0.15) is 38.0 Å². The minimum atomic E-state index is -0.789. The number of ether oxygens (including phenoxy) is 2. The molecule has 1 saturated heterocycles. The van der Waals surface area contributed by atoms with Gasteiger partial charge in [0.1, 0.15) is 11.7 Å². The molecule has 0 aliphatic carbocycles. The number of halogens is 1. The van der Waals surface area contributed by atoms with Gasteiger partial charge in [0.25, 0.3) is 0 Å². The van der Waals surface area contributed by atoms with Gasteiger partial charge in [-0.05, 0) is 6.42 Å². The van der Waals surface area contributed by atoms with E-state index in [2.05, 4.69) is 12.0 Å². The minimum Gasteiger partial charge on any atom is -0.384 e. The number of aromatic nitrogens is 2. The van der Waals surface area contributed by atoms with E-state index >= 15 is 0 Å². The number of aryl methyl sites for hydroxylation is 1. The number of nitrogens with zero attached hydrogens (tertiary/aromatic N) is 2. The van der Waals surface area contributed by atoms with Crippen LogP contribution in [0.2, 0.25) is 5.02 Å². The molecule has 1 aromatic heterocycles. The SMILES string of the molecule is CCCn1ncc(Cl)c1C(O)C1(OC)CCOCC1. The van der Waals surface area contributed by atoms with Crippen molar-refractivity contribution < 1.29 is 14.6 Å². The summed E-state index contributed by atoms with van der Waals surface area (Å²) in [6.07, 6.45) is 3.03. The van der Waals surface area contributed by atoms with Crippen molar-refractivity contribution in [2.45, 2.75) is 44.4 Å². The highest BCUT2D eigenvalue weighted by atomic mass is 35.5. The number of methoxy groups -OCH3 is 1. The summed E-state index contributed by atoms with van der Waals surface area (Å²) in [4.78, 5) is 0. The molecule has 1 atom stereocenters. The van der Waals surface area contributed by atoms with E-state index in [1.807, 2.05) is 0 Å². The quantitative estimate of drug-likeness (QED) is 0.902. The van der Waals surface area contributed by atoms with E-state index in [1.165, 1.54) is 0 Å². The Labute approximate surface area is 118 Å². The van der Waals surface area contributed by atoms with Crippen molar-refractivity contribution in [3.63, 3.8) is 0 Å². The van der Waals surface area contributed by atoms with Crippen LogP contribution in [0, 0.1) is 0 Å². The molecule has 5 nitrogen and oxygen atoms in total. The Balaban J connectivity index is 2.31. The van der Waals surface area contributed by atoms with E-state index in [9.17, 15) is 5.11 Å². The monoisotopic (exact) mass is 288 g/mol. The zero-order valence-corrected chi connectivity index (χ0v) is 12.2. The summed E-state index contributed by atoms with van der Waals surface area (Å²) in [7, 11) is 1.63. The molecule has 1 N–H and O–H groups in total. The molecule has 0 amide bonds. The van der Waals surface area contributed by atoms with Crippen molar-refractivity contribution >= 4 is 11.6 Å². The maximum atomic E-state index is 10.7. The second-order valence-corrected chi connectivity index (χ2v) is 5.29. The van der Waals surface area contributed by atoms with E-state index in [0.29, 0.717) is 36.8 Å². The summed E-state index contributed by atoms with van der Waals surface area (Å²) in [5.41, 5.74) is 0.0141. The van der Waals surface area contributed by atoms with Gasteiger partial charge in [0.2, 0.25) is 0 Å². The fourth-order valence-electron chi connectivity index (χ4n) is 2.59. The van der Waals surface area contributed by atoms with Crippen molar-refractivity contribution in [1.29, 1.82) is 0 Å². The highest BCUT2D eigenvalue weighted by Gasteiger charge is 2.43. The Hall–Kier alpha value is -0.620. The van der Waals surface area contributed by atoms with Gasteiger partial charge in [-0.1, -0.05) is 18.5 Å². The molecule has 19 heavy (non-hydrogen) atoms. The molecule has 2 heterocycles. The van der Waals surface area contributed by atoms with Gasteiger partial charge in [-0.3, -0.25) is 4.68 Å². The Morgan fingerprint density at radius 3 is 2.84 bits per heavy atom. The van der Waals surface area contributed by atoms with Gasteiger partial charge in [0, 0.05) is 39.7 Å². The van der Waals surface area contributed by atoms with Gasteiger partial charge in [-0.2, -0.15) is 5.10 Å². The minimum absolute atomic E-state index is 0.490. The van der Waals surface area contributed by atoms with Crippen LogP contribution < -0.4 is 0 Å². The molecule has 6 heteroatoms. The first kappa shape index (κ1) is 14.8. The molecular weight excluding hydrogens is 268 g/mol. The summed E-state index contributed by atoms with van der Waals surface area (Å²) in [5, 5.41) is 15.5. The van der Waals surface area contributed by atoms with Crippen LogP contribution in [0.4, 0.5) is 0 Å². The molecule has 1 unspecified atom stereocenters. The van der Waals surface area contributed by atoms with Crippen molar-refractivity contribution in [3.05, 3.63) is 16.9 Å². The summed E-state index contributed by atoms with van der Waals surface area (Å²) >= 11 is 6.18. The first-order chi connectivity index (χ1) is 9.14. The van der Waals surface area contributed by atoms with Crippen LogP contribution in [0.25, 0.3) is 0 Å². The Morgan fingerprint density at radius 1 is 1.58 bits per heavy atom. The summed E-state index contributed by atoms with van der Waals surface area (Å²) < 4.78 is 12.7. The van der Waals surface area contributed by atoms with Gasteiger partial charge < -0.3 is 14.6 Å². The lowest BCUT2D eigenvalue weighted by molar-refractivity contribution is -0.156. The zero-order valence-electron chi connectivity index (χ0n) is 11.4. The fourth-order valence-corrected chi connectivity index (χ4v) is 2.83. The summed E-state index contributed by atoms with van der Waals surface area (Å²) in [5.74, 6) is 0. The molecule has 0 aromatic carbocycles. The lowest BCUT2D eigenvalue weighted by Crippen LogP contribution is -2.44. The molecule has 0 bridgehead atoms. The largest absolute Gasteiger partial charge is 0.384 e. The van der Waals surface area contributed by atoms with Crippen molar-refractivity contribution in [3.8, 4) is 0 Å². The molecule has 1 aromatic rings. The topological polar surface area (TPSA) is 56.5 Å². The lowest BCUT2D eigenvalue weighted by Gasteiger charge is -2.39. The maximum absolute atomic E-state index is 10.7. The molecule has 0 saturated carbocycles. The second kappa shape index (κ2) is 6.22. The average Bonchev–Trinajstić information content (AvgIpc) is 2.80. The molecule has 2 rings (SSSR count). The van der Waals surface area contributed by atoms with Crippen LogP contribution in [0.5, 0.6) is 0 Å². The van der Waals surface area contributed by atoms with Gasteiger partial charge in [0.15, 0.2) is 0 Å². The van der Waals surface area contributed by atoms with Crippen LogP contribution in [-0.4, -0.2) is 40.8 Å². The van der Waals surface area contributed by atoms with Gasteiger partial charge in [-0.15, -0.1) is 0 Å². The summed E-state index contributed by atoms with van der Waals surface area (Å²) in [6.45, 7) is 3.97. The first-order valence-corrected chi connectivity index (χ1v) is 7.04. The van der Waals surface area contributed by atoms with Crippen molar-refractivity contribution in [1.82, 2.24) is 9.78 Å². The fraction of sp³-hybridized carbons (Fsp3) is 0.769. The number of hydrogen-bond donors (Lipinski definition) is 1. The lowest BCUT2D eigenvalue weighted by atomic mass is 9.86. The smallest absolute Gasteiger partial charge is 0.126 e. The number of hydrogen-bond acceptors (Lipinski definition) is 4. The highest BCUT2D eigenvalue weighted by molar-refractivity contribution is 6.31. The van der Waals surface area contributed by atoms with Gasteiger partial charge in [-0.25, -0.2) is 0 Å². The molecule has 0 spiro atoms. The van der Waals surface area contributed by atoms with Crippen LogP contribution >= 0.6 is 11.6 Å². The summed E-state index contributed by atoms with van der Waals surface area (Å²) in [6, 6.07) is 0. The normalized spacial score (nSPS) is 20.4. The van der Waals surface area contributed by atoms with Gasteiger partial charge >= 0.3 is 0 Å². The average molecular weight is 289 g/mol. The van der Waals surface area contributed by atoms with E-state index < -0.39 is 11.7 Å². The maximum Gasteiger partial charge on any atom is 0.126 e. The van der Waals surface area contributed by atoms with Crippen LogP contribution in [-0.2, 0) is 16.0 Å². The van der Waals surface area contributed by atoms with E-state index in [4.69, 9.17) is 21.1 Å². The van der Waals surface area contributed by atoms with Crippen LogP contribution in [0.3, 0.4) is 0 Å². The van der Waals surface area contributed by atoms with Crippen molar-refractivity contribution in [2.75, 3.05) is 20.3 Å². The predicted molar refractivity (Wildman–Crippen MR) is 72.3 cm³/mol. The number of aliphatic hydroxyl groups excluding tert-OH is 1. The second-order valence-electron chi connectivity index (χ2n) is 4.88. The highest BCUT2D eigenvalue weighted by Crippen LogP contribution is 2.39. The standard InChI is InChI=1S/C13H21ClN2O3/c1-3-6-16-11(10(14)9-15-16)12(17)13(18-2)4-7-19-8-5-13/h9,12,17H,3-8H2,1-2H3. The Morgan fingerprint density at radius 2 is 2.26 bits per heavy atom.